The number of carbonyl (C=O) groups excluding carboxylic acids is 2. The summed E-state index contributed by atoms with van der Waals surface area (Å²) in [6, 6.07) is 3.04. The van der Waals surface area contributed by atoms with Crippen molar-refractivity contribution in [2.45, 2.75) is 17.1 Å². The van der Waals surface area contributed by atoms with Crippen LogP contribution < -0.4 is 5.43 Å². The van der Waals surface area contributed by atoms with Crippen LogP contribution in [0.5, 0.6) is 0 Å². The molecule has 1 aromatic rings. The SMILES string of the molecule is O=C1CCC(C(=O)N2CCN(S(=O)(=O)c3ccc(Cl)s3)CC2)=NN1. The highest BCUT2D eigenvalue weighted by atomic mass is 35.5. The van der Waals surface area contributed by atoms with Gasteiger partial charge in [0.15, 0.2) is 0 Å². The van der Waals surface area contributed by atoms with Gasteiger partial charge < -0.3 is 4.90 Å². The summed E-state index contributed by atoms with van der Waals surface area (Å²) in [5, 5.41) is 3.78. The highest BCUT2D eigenvalue weighted by Crippen LogP contribution is 2.28. The second kappa shape index (κ2) is 6.79. The lowest BCUT2D eigenvalue weighted by molar-refractivity contribution is -0.125. The summed E-state index contributed by atoms with van der Waals surface area (Å²) < 4.78 is 27.0. The zero-order valence-corrected chi connectivity index (χ0v) is 15.0. The van der Waals surface area contributed by atoms with Crippen molar-refractivity contribution in [2.75, 3.05) is 26.2 Å². The van der Waals surface area contributed by atoms with E-state index in [-0.39, 0.29) is 48.6 Å². The minimum Gasteiger partial charge on any atom is -0.335 e. The van der Waals surface area contributed by atoms with Crippen molar-refractivity contribution in [3.05, 3.63) is 16.5 Å². The molecule has 24 heavy (non-hydrogen) atoms. The molecule has 8 nitrogen and oxygen atoms in total. The maximum absolute atomic E-state index is 12.5. The maximum Gasteiger partial charge on any atom is 0.270 e. The van der Waals surface area contributed by atoms with E-state index in [9.17, 15) is 18.0 Å². The van der Waals surface area contributed by atoms with Crippen LogP contribution in [0, 0.1) is 0 Å². The van der Waals surface area contributed by atoms with Gasteiger partial charge in [-0.05, 0) is 12.1 Å². The van der Waals surface area contributed by atoms with Crippen molar-refractivity contribution in [1.29, 1.82) is 0 Å². The third-order valence-electron chi connectivity index (χ3n) is 3.82. The van der Waals surface area contributed by atoms with Crippen molar-refractivity contribution in [3.63, 3.8) is 0 Å². The molecule has 0 spiro atoms. The van der Waals surface area contributed by atoms with E-state index in [1.165, 1.54) is 10.4 Å². The Kier molecular flexibility index (Phi) is 4.90. The summed E-state index contributed by atoms with van der Waals surface area (Å²) in [7, 11) is -3.58. The first-order chi connectivity index (χ1) is 11.4. The van der Waals surface area contributed by atoms with Gasteiger partial charge in [-0.3, -0.25) is 9.59 Å². The number of rotatable bonds is 3. The van der Waals surface area contributed by atoms with E-state index in [1.54, 1.807) is 11.0 Å². The van der Waals surface area contributed by atoms with Crippen LogP contribution >= 0.6 is 22.9 Å². The Balaban J connectivity index is 1.63. The van der Waals surface area contributed by atoms with Gasteiger partial charge in [-0.25, -0.2) is 13.8 Å². The van der Waals surface area contributed by atoms with Crippen LogP contribution in [0.25, 0.3) is 0 Å². The highest BCUT2D eigenvalue weighted by Gasteiger charge is 2.32. The molecule has 0 aromatic carbocycles. The predicted octanol–water partition coefficient (Wildman–Crippen LogP) is 0.500. The van der Waals surface area contributed by atoms with E-state index < -0.39 is 10.0 Å². The van der Waals surface area contributed by atoms with E-state index in [0.29, 0.717) is 16.5 Å². The first kappa shape index (κ1) is 17.3. The quantitative estimate of drug-likeness (QED) is 0.812. The number of nitrogens with one attached hydrogen (secondary N) is 1. The van der Waals surface area contributed by atoms with Crippen molar-refractivity contribution >= 4 is 50.5 Å². The summed E-state index contributed by atoms with van der Waals surface area (Å²) in [6.45, 7) is 0.987. The Morgan fingerprint density at radius 3 is 2.46 bits per heavy atom. The topological polar surface area (TPSA) is 99.2 Å². The molecular formula is C13H15ClN4O4S2. The molecule has 0 saturated carbocycles. The third-order valence-corrected chi connectivity index (χ3v) is 7.42. The van der Waals surface area contributed by atoms with Gasteiger partial charge in [-0.15, -0.1) is 11.3 Å². The number of thiophene rings is 1. The second-order valence-electron chi connectivity index (χ2n) is 5.35. The first-order valence-corrected chi connectivity index (χ1v) is 9.91. The number of hydrazone groups is 1. The van der Waals surface area contributed by atoms with Gasteiger partial charge in [0.2, 0.25) is 5.91 Å². The molecule has 0 atom stereocenters. The van der Waals surface area contributed by atoms with Crippen LogP contribution in [0.15, 0.2) is 21.4 Å². The normalized spacial score (nSPS) is 19.8. The number of hydrogen-bond acceptors (Lipinski definition) is 6. The molecule has 0 bridgehead atoms. The fraction of sp³-hybridized carbons (Fsp3) is 0.462. The van der Waals surface area contributed by atoms with Crippen molar-refractivity contribution in [1.82, 2.24) is 14.6 Å². The molecule has 2 aliphatic heterocycles. The molecule has 11 heteroatoms. The van der Waals surface area contributed by atoms with Gasteiger partial charge in [-0.2, -0.15) is 9.41 Å². The molecule has 1 saturated heterocycles. The summed E-state index contributed by atoms with van der Waals surface area (Å²) >= 11 is 6.82. The molecule has 3 heterocycles. The van der Waals surface area contributed by atoms with Gasteiger partial charge >= 0.3 is 0 Å². The van der Waals surface area contributed by atoms with E-state index >= 15 is 0 Å². The number of hydrogen-bond donors (Lipinski definition) is 1. The fourth-order valence-electron chi connectivity index (χ4n) is 2.51. The molecular weight excluding hydrogens is 376 g/mol. The van der Waals surface area contributed by atoms with E-state index in [0.717, 1.165) is 11.3 Å². The average molecular weight is 391 g/mol. The van der Waals surface area contributed by atoms with Gasteiger partial charge in [0.25, 0.3) is 15.9 Å². The maximum atomic E-state index is 12.5. The lowest BCUT2D eigenvalue weighted by Gasteiger charge is -2.34. The number of sulfonamides is 1. The highest BCUT2D eigenvalue weighted by molar-refractivity contribution is 7.91. The smallest absolute Gasteiger partial charge is 0.270 e. The number of amides is 2. The predicted molar refractivity (Wildman–Crippen MR) is 89.5 cm³/mol. The lowest BCUT2D eigenvalue weighted by Crippen LogP contribution is -2.52. The molecule has 1 aromatic heterocycles. The molecule has 1 N–H and O–H groups in total. The Bertz CT molecular complexity index is 797. The lowest BCUT2D eigenvalue weighted by atomic mass is 10.1. The number of carbonyl (C=O) groups is 2. The zero-order chi connectivity index (χ0) is 17.3. The van der Waals surface area contributed by atoms with Gasteiger partial charge in [-0.1, -0.05) is 11.6 Å². The Hall–Kier alpha value is -1.49. The van der Waals surface area contributed by atoms with Crippen molar-refractivity contribution < 1.29 is 18.0 Å². The van der Waals surface area contributed by atoms with Crippen LogP contribution in [-0.2, 0) is 19.6 Å². The van der Waals surface area contributed by atoms with E-state index in [4.69, 9.17) is 11.6 Å². The fourth-order valence-corrected chi connectivity index (χ4v) is 5.57. The molecule has 2 aliphatic rings. The summed E-state index contributed by atoms with van der Waals surface area (Å²) in [5.74, 6) is -0.469. The van der Waals surface area contributed by atoms with Gasteiger partial charge in [0, 0.05) is 39.0 Å². The number of piperazine rings is 1. The minimum absolute atomic E-state index is 0.201. The third kappa shape index (κ3) is 3.46. The van der Waals surface area contributed by atoms with Crippen molar-refractivity contribution in [3.8, 4) is 0 Å². The molecule has 0 aliphatic carbocycles. The first-order valence-electron chi connectivity index (χ1n) is 7.28. The van der Waals surface area contributed by atoms with Crippen LogP contribution in [0.1, 0.15) is 12.8 Å². The summed E-state index contributed by atoms with van der Waals surface area (Å²) in [6.07, 6.45) is 0.537. The van der Waals surface area contributed by atoms with Crippen molar-refractivity contribution in [2.24, 2.45) is 5.10 Å². The van der Waals surface area contributed by atoms with Crippen LogP contribution in [0.3, 0.4) is 0 Å². The number of halogens is 1. The van der Waals surface area contributed by atoms with Crippen LogP contribution in [0.2, 0.25) is 4.34 Å². The largest absolute Gasteiger partial charge is 0.335 e. The standard InChI is InChI=1S/C13H15ClN4O4S2/c14-10-2-4-12(23-10)24(21,22)18-7-5-17(6-8-18)13(20)9-1-3-11(19)16-15-9/h2,4H,1,3,5-8H2,(H,16,19). The molecule has 130 valence electrons. The molecule has 3 rings (SSSR count). The Labute approximate surface area is 148 Å². The van der Waals surface area contributed by atoms with E-state index in [1.807, 2.05) is 0 Å². The zero-order valence-electron chi connectivity index (χ0n) is 12.6. The second-order valence-corrected chi connectivity index (χ2v) is 9.23. The summed E-state index contributed by atoms with van der Waals surface area (Å²) in [5.41, 5.74) is 2.59. The molecule has 1 fully saturated rings. The van der Waals surface area contributed by atoms with Gasteiger partial charge in [0.05, 0.1) is 4.34 Å². The minimum atomic E-state index is -3.58. The molecule has 2 amide bonds. The van der Waals surface area contributed by atoms with E-state index in [2.05, 4.69) is 10.5 Å². The Morgan fingerprint density at radius 2 is 1.92 bits per heavy atom. The molecule has 0 unspecified atom stereocenters. The monoisotopic (exact) mass is 390 g/mol. The Morgan fingerprint density at radius 1 is 1.21 bits per heavy atom. The summed E-state index contributed by atoms with van der Waals surface area (Å²) in [4.78, 5) is 25.0. The van der Waals surface area contributed by atoms with Crippen LogP contribution in [-0.4, -0.2) is 61.3 Å². The van der Waals surface area contributed by atoms with Crippen LogP contribution in [0.4, 0.5) is 0 Å². The average Bonchev–Trinajstić information content (AvgIpc) is 3.02. The number of nitrogens with zero attached hydrogens (tertiary/aromatic N) is 3. The molecule has 0 radical (unpaired) electrons. The van der Waals surface area contributed by atoms with Gasteiger partial charge in [0.1, 0.15) is 9.92 Å².